The Morgan fingerprint density at radius 2 is 1.54 bits per heavy atom. The number of nitrogens with one attached hydrogen (secondary N) is 3. The first-order valence-electron chi connectivity index (χ1n) is 8.85. The van der Waals surface area contributed by atoms with Crippen molar-refractivity contribution in [2.24, 2.45) is 0 Å². The lowest BCUT2D eigenvalue weighted by molar-refractivity contribution is 0.246. The molecule has 0 fully saturated rings. The number of benzene rings is 2. The van der Waals surface area contributed by atoms with Crippen LogP contribution in [-0.4, -0.2) is 20.7 Å². The van der Waals surface area contributed by atoms with Gasteiger partial charge in [-0.15, -0.1) is 0 Å². The molecule has 0 saturated heterocycles. The second kappa shape index (κ2) is 9.34. The van der Waals surface area contributed by atoms with Gasteiger partial charge in [-0.25, -0.2) is 13.2 Å². The summed E-state index contributed by atoms with van der Waals surface area (Å²) < 4.78 is 27.5. The highest BCUT2D eigenvalue weighted by Gasteiger charge is 2.12. The molecule has 0 bridgehead atoms. The second-order valence-corrected chi connectivity index (χ2v) is 10.1. The Labute approximate surface area is 171 Å². The van der Waals surface area contributed by atoms with E-state index < -0.39 is 10.0 Å². The minimum atomic E-state index is -3.28. The summed E-state index contributed by atoms with van der Waals surface area (Å²) in [7, 11) is -3.28. The van der Waals surface area contributed by atoms with Crippen LogP contribution < -0.4 is 14.8 Å². The van der Waals surface area contributed by atoms with Gasteiger partial charge in [0.2, 0.25) is 10.0 Å². The predicted molar refractivity (Wildman–Crippen MR) is 117 cm³/mol. The van der Waals surface area contributed by atoms with Gasteiger partial charge in [0, 0.05) is 18.0 Å². The van der Waals surface area contributed by atoms with Gasteiger partial charge in [-0.2, -0.15) is 0 Å². The van der Waals surface area contributed by atoms with Gasteiger partial charge in [-0.1, -0.05) is 57.2 Å². The summed E-state index contributed by atoms with van der Waals surface area (Å²) in [5.41, 5.74) is 3.90. The largest absolute Gasteiger partial charge is 0.333 e. The number of rotatable bonds is 7. The molecule has 152 valence electrons. The van der Waals surface area contributed by atoms with Gasteiger partial charge < -0.3 is 5.32 Å². The van der Waals surface area contributed by atoms with Gasteiger partial charge in [-0.05, 0) is 46.2 Å². The molecule has 28 heavy (non-hydrogen) atoms. The van der Waals surface area contributed by atoms with Crippen molar-refractivity contribution in [3.63, 3.8) is 0 Å². The normalized spacial score (nSPS) is 11.7. The number of urea groups is 1. The van der Waals surface area contributed by atoms with Crippen LogP contribution in [0.4, 0.5) is 10.5 Å². The first kappa shape index (κ1) is 22.1. The van der Waals surface area contributed by atoms with Gasteiger partial charge in [0.05, 0.1) is 6.26 Å². The van der Waals surface area contributed by atoms with Gasteiger partial charge in [0.25, 0.3) is 0 Å². The maximum absolute atomic E-state index is 11.9. The molecule has 0 radical (unpaired) electrons. The Morgan fingerprint density at radius 1 is 0.964 bits per heavy atom. The number of hydrogen-bond donors (Lipinski definition) is 3. The number of hydrogen-bond acceptors (Lipinski definition) is 4. The molecule has 2 aromatic carbocycles. The minimum absolute atomic E-state index is 0.110. The van der Waals surface area contributed by atoms with Crippen molar-refractivity contribution in [1.29, 1.82) is 0 Å². The highest BCUT2D eigenvalue weighted by Crippen LogP contribution is 2.22. The lowest BCUT2D eigenvalue weighted by atomic mass is 9.87. The topological polar surface area (TPSA) is 87.3 Å². The first-order chi connectivity index (χ1) is 13.0. The van der Waals surface area contributed by atoms with Gasteiger partial charge in [0.1, 0.15) is 0 Å². The Bertz CT molecular complexity index is 888. The summed E-state index contributed by atoms with van der Waals surface area (Å²) in [6.45, 7) is 6.96. The minimum Gasteiger partial charge on any atom is -0.333 e. The van der Waals surface area contributed by atoms with Crippen LogP contribution in [0.2, 0.25) is 0 Å². The van der Waals surface area contributed by atoms with E-state index >= 15 is 0 Å². The third-order valence-corrected chi connectivity index (χ3v) is 5.35. The molecule has 0 aliphatic rings. The zero-order valence-corrected chi connectivity index (χ0v) is 18.2. The smallest absolute Gasteiger partial charge is 0.325 e. The summed E-state index contributed by atoms with van der Waals surface area (Å²) in [5.74, 6) is 0.576. The Kier molecular flexibility index (Phi) is 7.37. The maximum atomic E-state index is 11.9. The van der Waals surface area contributed by atoms with Gasteiger partial charge >= 0.3 is 6.03 Å². The van der Waals surface area contributed by atoms with E-state index in [1.165, 1.54) is 17.5 Å². The zero-order valence-electron chi connectivity index (χ0n) is 16.6. The lowest BCUT2D eigenvalue weighted by Gasteiger charge is -2.19. The molecule has 0 aliphatic heterocycles. The zero-order chi connectivity index (χ0) is 20.8. The Hall–Kier alpha value is -2.19. The summed E-state index contributed by atoms with van der Waals surface area (Å²) in [6, 6.07) is 15.0. The van der Waals surface area contributed by atoms with Crippen molar-refractivity contribution < 1.29 is 13.2 Å². The fourth-order valence-corrected chi connectivity index (χ4v) is 3.61. The first-order valence-corrected chi connectivity index (χ1v) is 11.7. The lowest BCUT2D eigenvalue weighted by Crippen LogP contribution is -2.30. The molecule has 0 unspecified atom stereocenters. The number of carbonyl (C=O) groups excluding carboxylic acids is 1. The summed E-state index contributed by atoms with van der Waals surface area (Å²) >= 11 is 1.27. The molecule has 2 rings (SSSR count). The van der Waals surface area contributed by atoms with E-state index in [9.17, 15) is 13.2 Å². The molecule has 0 aliphatic carbocycles. The average molecular weight is 422 g/mol. The Balaban J connectivity index is 1.72. The third kappa shape index (κ3) is 7.82. The summed E-state index contributed by atoms with van der Waals surface area (Å²) in [5, 5.41) is 2.83. The molecule has 6 nitrogen and oxygen atoms in total. The summed E-state index contributed by atoms with van der Waals surface area (Å²) in [4.78, 5) is 11.9. The molecule has 2 amide bonds. The van der Waals surface area contributed by atoms with E-state index in [1.807, 2.05) is 24.3 Å². The molecule has 0 saturated carbocycles. The molecular formula is C20H27N3O3S2. The van der Waals surface area contributed by atoms with E-state index in [0.29, 0.717) is 18.0 Å². The van der Waals surface area contributed by atoms with Crippen LogP contribution in [0, 0.1) is 0 Å². The number of carbonyl (C=O) groups is 1. The Morgan fingerprint density at radius 3 is 2.07 bits per heavy atom. The van der Waals surface area contributed by atoms with Crippen molar-refractivity contribution in [3.8, 4) is 0 Å². The van der Waals surface area contributed by atoms with Crippen LogP contribution in [0.3, 0.4) is 0 Å². The van der Waals surface area contributed by atoms with E-state index in [4.69, 9.17) is 0 Å². The fraction of sp³-hybridized carbons (Fsp3) is 0.350. The van der Waals surface area contributed by atoms with E-state index in [1.54, 1.807) is 12.1 Å². The van der Waals surface area contributed by atoms with E-state index in [0.717, 1.165) is 17.4 Å². The molecular weight excluding hydrogens is 394 g/mol. The van der Waals surface area contributed by atoms with Crippen molar-refractivity contribution in [2.45, 2.75) is 38.5 Å². The summed E-state index contributed by atoms with van der Waals surface area (Å²) in [6.07, 6.45) is 1.11. The van der Waals surface area contributed by atoms with Crippen LogP contribution in [-0.2, 0) is 27.7 Å². The van der Waals surface area contributed by atoms with Crippen molar-refractivity contribution in [2.75, 3.05) is 11.0 Å². The van der Waals surface area contributed by atoms with Crippen molar-refractivity contribution in [1.82, 2.24) is 10.0 Å². The van der Waals surface area contributed by atoms with Crippen LogP contribution in [0.25, 0.3) is 0 Å². The van der Waals surface area contributed by atoms with Crippen molar-refractivity contribution >= 4 is 33.7 Å². The average Bonchev–Trinajstić information content (AvgIpc) is 2.60. The van der Waals surface area contributed by atoms with E-state index in [2.05, 4.69) is 47.7 Å². The van der Waals surface area contributed by atoms with Crippen LogP contribution in [0.5, 0.6) is 0 Å². The van der Waals surface area contributed by atoms with Crippen LogP contribution in [0.1, 0.15) is 37.5 Å². The van der Waals surface area contributed by atoms with Crippen LogP contribution in [0.15, 0.2) is 48.5 Å². The standard InChI is InChI=1S/C20H27N3O3S2/c1-20(2,3)17-9-5-15(6-10-17)13-21-19(24)22-27-14-16-7-11-18(12-8-16)23-28(4,25)26/h5-12,23H,13-14H2,1-4H3,(H2,21,22,24). The number of sulfonamides is 1. The highest BCUT2D eigenvalue weighted by molar-refractivity contribution is 7.97. The van der Waals surface area contributed by atoms with Crippen LogP contribution >= 0.6 is 11.9 Å². The maximum Gasteiger partial charge on any atom is 0.325 e. The number of anilines is 1. The number of amides is 2. The molecule has 0 spiro atoms. The molecule has 2 aromatic rings. The monoisotopic (exact) mass is 421 g/mol. The van der Waals surface area contributed by atoms with E-state index in [-0.39, 0.29) is 11.4 Å². The SMILES string of the molecule is CC(C)(C)c1ccc(CNC(=O)NSCc2ccc(NS(C)(=O)=O)cc2)cc1. The third-order valence-electron chi connectivity index (χ3n) is 3.93. The fourth-order valence-electron chi connectivity index (χ4n) is 2.41. The molecule has 0 atom stereocenters. The molecule has 0 aromatic heterocycles. The molecule has 8 heteroatoms. The molecule has 0 heterocycles. The quantitative estimate of drug-likeness (QED) is 0.590. The van der Waals surface area contributed by atoms with Gasteiger partial charge in [-0.3, -0.25) is 9.44 Å². The molecule has 3 N–H and O–H groups in total. The van der Waals surface area contributed by atoms with Crippen molar-refractivity contribution in [3.05, 3.63) is 65.2 Å². The predicted octanol–water partition coefficient (Wildman–Crippen LogP) is 4.00. The second-order valence-electron chi connectivity index (χ2n) is 7.59. The van der Waals surface area contributed by atoms with Gasteiger partial charge in [0.15, 0.2) is 0 Å². The highest BCUT2D eigenvalue weighted by atomic mass is 32.2.